The lowest BCUT2D eigenvalue weighted by atomic mass is 10.0. The summed E-state index contributed by atoms with van der Waals surface area (Å²) in [5, 5.41) is 3.80. The molecule has 1 amide bonds. The van der Waals surface area contributed by atoms with Crippen LogP contribution in [-0.4, -0.2) is 18.7 Å². The minimum Gasteiger partial charge on any atom is -0.483 e. The second-order valence-corrected chi connectivity index (χ2v) is 5.83. The second kappa shape index (κ2) is 8.24. The highest BCUT2D eigenvalue weighted by atomic mass is 19.1. The number of ether oxygens (including phenoxy) is 1. The Balaban J connectivity index is 1.91. The Bertz CT molecular complexity index is 742. The first kappa shape index (κ1) is 17.7. The number of hydrogen-bond donors (Lipinski definition) is 1. The van der Waals surface area contributed by atoms with Crippen molar-refractivity contribution in [1.29, 1.82) is 0 Å². The fraction of sp³-hybridized carbons (Fsp3) is 0.263. The van der Waals surface area contributed by atoms with Gasteiger partial charge in [-0.05, 0) is 47.7 Å². The van der Waals surface area contributed by atoms with Gasteiger partial charge in [0.1, 0.15) is 11.6 Å². The van der Waals surface area contributed by atoms with Crippen molar-refractivity contribution in [3.63, 3.8) is 0 Å². The maximum Gasteiger partial charge on any atom is 0.277 e. The van der Waals surface area contributed by atoms with Gasteiger partial charge >= 0.3 is 0 Å². The summed E-state index contributed by atoms with van der Waals surface area (Å²) in [6.45, 7) is 5.98. The Hall–Kier alpha value is -2.69. The van der Waals surface area contributed by atoms with Crippen molar-refractivity contribution in [3.8, 4) is 5.75 Å². The van der Waals surface area contributed by atoms with Crippen LogP contribution in [0.2, 0.25) is 0 Å². The predicted molar refractivity (Wildman–Crippen MR) is 92.9 cm³/mol. The van der Waals surface area contributed by atoms with E-state index in [1.54, 1.807) is 12.1 Å². The number of rotatable bonds is 6. The minimum atomic E-state index is -0.376. The standard InChI is InChI=1S/C19H21FN2O2/c1-13(2)17-8-7-14(3)9-18(17)24-12-19(23)22-21-11-15-5-4-6-16(20)10-15/h4-11,13H,12H2,1-3H3,(H,22,23)/b21-11-. The fourth-order valence-corrected chi connectivity index (χ4v) is 2.18. The number of benzene rings is 2. The number of nitrogens with zero attached hydrogens (tertiary/aromatic N) is 1. The Labute approximate surface area is 141 Å². The van der Waals surface area contributed by atoms with Crippen molar-refractivity contribution in [3.05, 3.63) is 65.0 Å². The number of hydrogen-bond acceptors (Lipinski definition) is 3. The van der Waals surface area contributed by atoms with Crippen LogP contribution in [0, 0.1) is 12.7 Å². The Kier molecular flexibility index (Phi) is 6.07. The highest BCUT2D eigenvalue weighted by Gasteiger charge is 2.10. The van der Waals surface area contributed by atoms with E-state index < -0.39 is 0 Å². The molecule has 0 atom stereocenters. The summed E-state index contributed by atoms with van der Waals surface area (Å²) in [4.78, 5) is 11.8. The number of aryl methyl sites for hydroxylation is 1. The Morgan fingerprint density at radius 1 is 1.29 bits per heavy atom. The number of carbonyl (C=O) groups excluding carboxylic acids is 1. The van der Waals surface area contributed by atoms with Gasteiger partial charge in [0, 0.05) is 0 Å². The SMILES string of the molecule is Cc1ccc(C(C)C)c(OCC(=O)N/N=C\c2cccc(F)c2)c1. The molecule has 0 saturated carbocycles. The molecule has 0 aliphatic rings. The summed E-state index contributed by atoms with van der Waals surface area (Å²) in [6, 6.07) is 11.9. The second-order valence-electron chi connectivity index (χ2n) is 5.83. The summed E-state index contributed by atoms with van der Waals surface area (Å²) in [5.74, 6) is 0.275. The van der Waals surface area contributed by atoms with Crippen LogP contribution < -0.4 is 10.2 Å². The summed E-state index contributed by atoms with van der Waals surface area (Å²) in [6.07, 6.45) is 1.38. The van der Waals surface area contributed by atoms with Crippen molar-refractivity contribution in [1.82, 2.24) is 5.43 Å². The first-order valence-corrected chi connectivity index (χ1v) is 7.76. The number of carbonyl (C=O) groups is 1. The van der Waals surface area contributed by atoms with Crippen LogP contribution in [0.25, 0.3) is 0 Å². The van der Waals surface area contributed by atoms with E-state index in [2.05, 4.69) is 24.4 Å². The molecule has 4 nitrogen and oxygen atoms in total. The highest BCUT2D eigenvalue weighted by molar-refractivity contribution is 5.82. The third kappa shape index (κ3) is 5.19. The highest BCUT2D eigenvalue weighted by Crippen LogP contribution is 2.27. The Morgan fingerprint density at radius 3 is 2.79 bits per heavy atom. The van der Waals surface area contributed by atoms with Crippen LogP contribution in [0.15, 0.2) is 47.6 Å². The molecule has 0 radical (unpaired) electrons. The molecule has 24 heavy (non-hydrogen) atoms. The van der Waals surface area contributed by atoms with Gasteiger partial charge in [0.2, 0.25) is 0 Å². The third-order valence-electron chi connectivity index (χ3n) is 3.40. The lowest BCUT2D eigenvalue weighted by molar-refractivity contribution is -0.123. The molecule has 0 saturated heterocycles. The van der Waals surface area contributed by atoms with Crippen LogP contribution in [0.5, 0.6) is 5.75 Å². The van der Waals surface area contributed by atoms with E-state index in [-0.39, 0.29) is 18.3 Å². The van der Waals surface area contributed by atoms with Crippen molar-refractivity contribution in [2.24, 2.45) is 5.10 Å². The summed E-state index contributed by atoms with van der Waals surface area (Å²) < 4.78 is 18.6. The lowest BCUT2D eigenvalue weighted by Gasteiger charge is -2.14. The summed E-state index contributed by atoms with van der Waals surface area (Å²) in [5.41, 5.74) is 5.05. The average Bonchev–Trinajstić information content (AvgIpc) is 2.53. The van der Waals surface area contributed by atoms with Gasteiger partial charge in [-0.15, -0.1) is 0 Å². The van der Waals surface area contributed by atoms with Crippen LogP contribution in [0.4, 0.5) is 4.39 Å². The molecule has 0 unspecified atom stereocenters. The predicted octanol–water partition coefficient (Wildman–Crippen LogP) is 3.79. The molecule has 0 aliphatic carbocycles. The zero-order valence-corrected chi connectivity index (χ0v) is 14.0. The van der Waals surface area contributed by atoms with Crippen LogP contribution in [-0.2, 0) is 4.79 Å². The van der Waals surface area contributed by atoms with E-state index in [0.29, 0.717) is 17.2 Å². The van der Waals surface area contributed by atoms with E-state index in [4.69, 9.17) is 4.74 Å². The topological polar surface area (TPSA) is 50.7 Å². The molecule has 0 aliphatic heterocycles. The van der Waals surface area contributed by atoms with Gasteiger partial charge in [-0.2, -0.15) is 5.10 Å². The fourth-order valence-electron chi connectivity index (χ4n) is 2.18. The average molecular weight is 328 g/mol. The van der Waals surface area contributed by atoms with Gasteiger partial charge in [-0.1, -0.05) is 38.1 Å². The van der Waals surface area contributed by atoms with Crippen molar-refractivity contribution in [2.45, 2.75) is 26.7 Å². The van der Waals surface area contributed by atoms with Crippen molar-refractivity contribution in [2.75, 3.05) is 6.61 Å². The van der Waals surface area contributed by atoms with Gasteiger partial charge in [0.25, 0.3) is 5.91 Å². The smallest absolute Gasteiger partial charge is 0.277 e. The van der Waals surface area contributed by atoms with Gasteiger partial charge in [0.15, 0.2) is 6.61 Å². The third-order valence-corrected chi connectivity index (χ3v) is 3.40. The molecular weight excluding hydrogens is 307 g/mol. The zero-order chi connectivity index (χ0) is 17.5. The summed E-state index contributed by atoms with van der Waals surface area (Å²) >= 11 is 0. The minimum absolute atomic E-state index is 0.135. The number of halogens is 1. The zero-order valence-electron chi connectivity index (χ0n) is 14.0. The molecule has 1 N–H and O–H groups in total. The maximum atomic E-state index is 13.0. The van der Waals surface area contributed by atoms with E-state index >= 15 is 0 Å². The van der Waals surface area contributed by atoms with Crippen molar-refractivity contribution < 1.29 is 13.9 Å². The molecule has 126 valence electrons. The normalized spacial score (nSPS) is 11.0. The van der Waals surface area contributed by atoms with Crippen LogP contribution >= 0.6 is 0 Å². The molecule has 5 heteroatoms. The molecule has 2 aromatic rings. The van der Waals surface area contributed by atoms with Crippen LogP contribution in [0.3, 0.4) is 0 Å². The molecule has 2 aromatic carbocycles. The van der Waals surface area contributed by atoms with Gasteiger partial charge in [-0.3, -0.25) is 4.79 Å². The van der Waals surface area contributed by atoms with Gasteiger partial charge in [-0.25, -0.2) is 9.82 Å². The largest absolute Gasteiger partial charge is 0.483 e. The molecule has 0 bridgehead atoms. The maximum absolute atomic E-state index is 13.0. The number of nitrogens with one attached hydrogen (secondary N) is 1. The quantitative estimate of drug-likeness (QED) is 0.648. The molecule has 0 fully saturated rings. The van der Waals surface area contributed by atoms with Crippen LogP contribution in [0.1, 0.15) is 36.5 Å². The monoisotopic (exact) mass is 328 g/mol. The summed E-state index contributed by atoms with van der Waals surface area (Å²) in [7, 11) is 0. The molecular formula is C19H21FN2O2. The van der Waals surface area contributed by atoms with E-state index in [1.807, 2.05) is 25.1 Å². The molecule has 2 rings (SSSR count). The van der Waals surface area contributed by atoms with Crippen molar-refractivity contribution >= 4 is 12.1 Å². The first-order valence-electron chi connectivity index (χ1n) is 7.76. The molecule has 0 spiro atoms. The lowest BCUT2D eigenvalue weighted by Crippen LogP contribution is -2.25. The molecule has 0 heterocycles. The van der Waals surface area contributed by atoms with Gasteiger partial charge in [0.05, 0.1) is 6.21 Å². The van der Waals surface area contributed by atoms with Gasteiger partial charge < -0.3 is 4.74 Å². The van der Waals surface area contributed by atoms with E-state index in [0.717, 1.165) is 11.1 Å². The first-order chi connectivity index (χ1) is 11.5. The number of amides is 1. The number of hydrazone groups is 1. The van der Waals surface area contributed by atoms with E-state index in [1.165, 1.54) is 18.3 Å². The van der Waals surface area contributed by atoms with E-state index in [9.17, 15) is 9.18 Å². The Morgan fingerprint density at radius 2 is 2.08 bits per heavy atom. The molecule has 0 aromatic heterocycles.